The molecule has 1 N–H and O–H groups in total. The number of hydrogen-bond donors (Lipinski definition) is 1. The van der Waals surface area contributed by atoms with Crippen molar-refractivity contribution in [2.75, 3.05) is 54.4 Å². The molecule has 1 atom stereocenters. The van der Waals surface area contributed by atoms with Gasteiger partial charge in [0.1, 0.15) is 11.6 Å². The summed E-state index contributed by atoms with van der Waals surface area (Å²) in [7, 11) is 7.39. The van der Waals surface area contributed by atoms with E-state index in [0.29, 0.717) is 30.7 Å². The molecule has 6 nitrogen and oxygen atoms in total. The predicted octanol–water partition coefficient (Wildman–Crippen LogP) is 1.18. The Morgan fingerprint density at radius 1 is 1.31 bits per heavy atom. The van der Waals surface area contributed by atoms with Crippen molar-refractivity contribution in [1.82, 2.24) is 14.7 Å². The Balaban J connectivity index is 2.06. The topological polar surface area (TPSA) is 56.3 Å². The van der Waals surface area contributed by atoms with Gasteiger partial charge in [0, 0.05) is 38.3 Å². The zero-order valence-corrected chi connectivity index (χ0v) is 16.2. The van der Waals surface area contributed by atoms with Gasteiger partial charge in [-0.25, -0.2) is 4.39 Å². The standard InChI is InChI=1S/C19H30FN3O3/c1-21(2)10-11-22(3)14-19(25)8-5-9-23(18(19)24)13-15-12-16(26-4)6-7-17(15)20/h6-7,12,25H,5,8-11,13-14H2,1-4H3. The van der Waals surface area contributed by atoms with E-state index >= 15 is 0 Å². The Bertz CT molecular complexity index is 626. The number of ether oxygens (including phenoxy) is 1. The first-order valence-electron chi connectivity index (χ1n) is 8.92. The quantitative estimate of drug-likeness (QED) is 0.748. The maximum absolute atomic E-state index is 14.1. The summed E-state index contributed by atoms with van der Waals surface area (Å²) in [4.78, 5) is 18.4. The summed E-state index contributed by atoms with van der Waals surface area (Å²) in [6.45, 7) is 2.52. The van der Waals surface area contributed by atoms with Crippen LogP contribution in [0.2, 0.25) is 0 Å². The summed E-state index contributed by atoms with van der Waals surface area (Å²) in [5, 5.41) is 10.9. The Labute approximate surface area is 155 Å². The van der Waals surface area contributed by atoms with Crippen molar-refractivity contribution in [3.63, 3.8) is 0 Å². The number of methoxy groups -OCH3 is 1. The lowest BCUT2D eigenvalue weighted by atomic mass is 9.90. The monoisotopic (exact) mass is 367 g/mol. The highest BCUT2D eigenvalue weighted by molar-refractivity contribution is 5.86. The summed E-state index contributed by atoms with van der Waals surface area (Å²) in [5.41, 5.74) is -1.03. The molecule has 1 amide bonds. The van der Waals surface area contributed by atoms with Gasteiger partial charge in [0.2, 0.25) is 0 Å². The van der Waals surface area contributed by atoms with Crippen LogP contribution in [0.3, 0.4) is 0 Å². The first kappa shape index (κ1) is 20.6. The zero-order valence-electron chi connectivity index (χ0n) is 16.2. The first-order valence-corrected chi connectivity index (χ1v) is 8.92. The van der Waals surface area contributed by atoms with Crippen LogP contribution >= 0.6 is 0 Å². The fourth-order valence-electron chi connectivity index (χ4n) is 3.26. The SMILES string of the molecule is COc1ccc(F)c(CN2CCCC(O)(CN(C)CCN(C)C)C2=O)c1. The number of nitrogens with zero attached hydrogens (tertiary/aromatic N) is 3. The summed E-state index contributed by atoms with van der Waals surface area (Å²) < 4.78 is 19.2. The molecule has 1 saturated heterocycles. The fraction of sp³-hybridized carbons (Fsp3) is 0.632. The second-order valence-electron chi connectivity index (χ2n) is 7.36. The van der Waals surface area contributed by atoms with Crippen molar-refractivity contribution in [2.24, 2.45) is 0 Å². The average molecular weight is 367 g/mol. The summed E-state index contributed by atoms with van der Waals surface area (Å²) >= 11 is 0. The molecule has 1 fully saturated rings. The van der Waals surface area contributed by atoms with Crippen LogP contribution in [0.4, 0.5) is 4.39 Å². The molecule has 1 aromatic rings. The van der Waals surface area contributed by atoms with Crippen LogP contribution in [0.15, 0.2) is 18.2 Å². The largest absolute Gasteiger partial charge is 0.497 e. The van der Waals surface area contributed by atoms with E-state index in [1.54, 1.807) is 17.0 Å². The molecule has 0 bridgehead atoms. The third-order valence-corrected chi connectivity index (χ3v) is 4.78. The summed E-state index contributed by atoms with van der Waals surface area (Å²) in [5.74, 6) is -0.164. The molecule has 0 aliphatic carbocycles. The molecule has 1 heterocycles. The lowest BCUT2D eigenvalue weighted by Crippen LogP contribution is -2.58. The minimum absolute atomic E-state index is 0.131. The summed E-state index contributed by atoms with van der Waals surface area (Å²) in [6.07, 6.45) is 1.12. The van der Waals surface area contributed by atoms with Gasteiger partial charge in [-0.15, -0.1) is 0 Å². The van der Waals surface area contributed by atoms with E-state index in [1.807, 2.05) is 26.0 Å². The molecule has 1 aromatic carbocycles. The molecule has 146 valence electrons. The van der Waals surface area contributed by atoms with E-state index < -0.39 is 5.60 Å². The number of likely N-dealkylation sites (N-methyl/N-ethyl adjacent to an activating group) is 2. The highest BCUT2D eigenvalue weighted by atomic mass is 19.1. The van der Waals surface area contributed by atoms with Crippen LogP contribution in [-0.4, -0.2) is 85.7 Å². The van der Waals surface area contributed by atoms with Gasteiger partial charge in [-0.05, 0) is 52.2 Å². The van der Waals surface area contributed by atoms with Crippen LogP contribution in [0.5, 0.6) is 5.75 Å². The van der Waals surface area contributed by atoms with Gasteiger partial charge in [0.15, 0.2) is 5.60 Å². The van der Waals surface area contributed by atoms with E-state index in [-0.39, 0.29) is 24.8 Å². The van der Waals surface area contributed by atoms with Gasteiger partial charge < -0.3 is 24.5 Å². The molecular formula is C19H30FN3O3. The second kappa shape index (κ2) is 8.79. The van der Waals surface area contributed by atoms with Crippen LogP contribution in [0.1, 0.15) is 18.4 Å². The molecule has 1 aliphatic rings. The van der Waals surface area contributed by atoms with E-state index in [4.69, 9.17) is 4.74 Å². The molecule has 0 spiro atoms. The number of rotatable bonds is 8. The number of carbonyl (C=O) groups excluding carboxylic acids is 1. The van der Waals surface area contributed by atoms with Crippen molar-refractivity contribution < 1.29 is 19.0 Å². The second-order valence-corrected chi connectivity index (χ2v) is 7.36. The van der Waals surface area contributed by atoms with Crippen molar-refractivity contribution in [2.45, 2.75) is 25.0 Å². The number of benzene rings is 1. The van der Waals surface area contributed by atoms with Crippen molar-refractivity contribution in [3.8, 4) is 5.75 Å². The molecule has 1 unspecified atom stereocenters. The van der Waals surface area contributed by atoms with Crippen molar-refractivity contribution in [3.05, 3.63) is 29.6 Å². The number of amides is 1. The third kappa shape index (κ3) is 5.16. The minimum atomic E-state index is -1.42. The Morgan fingerprint density at radius 2 is 2.04 bits per heavy atom. The van der Waals surface area contributed by atoms with Gasteiger partial charge in [0.25, 0.3) is 5.91 Å². The molecule has 7 heteroatoms. The molecule has 26 heavy (non-hydrogen) atoms. The number of likely N-dealkylation sites (tertiary alicyclic amines) is 1. The van der Waals surface area contributed by atoms with Crippen molar-refractivity contribution in [1.29, 1.82) is 0 Å². The maximum atomic E-state index is 14.1. The number of carbonyl (C=O) groups is 1. The van der Waals surface area contributed by atoms with Crippen LogP contribution in [0.25, 0.3) is 0 Å². The number of hydrogen-bond acceptors (Lipinski definition) is 5. The lowest BCUT2D eigenvalue weighted by Gasteiger charge is -2.40. The van der Waals surface area contributed by atoms with Crippen LogP contribution in [-0.2, 0) is 11.3 Å². The smallest absolute Gasteiger partial charge is 0.256 e. The summed E-state index contributed by atoms with van der Waals surface area (Å²) in [6, 6.07) is 4.48. The highest BCUT2D eigenvalue weighted by Gasteiger charge is 2.42. The lowest BCUT2D eigenvalue weighted by molar-refractivity contribution is -0.159. The first-order chi connectivity index (χ1) is 12.2. The van der Waals surface area contributed by atoms with Gasteiger partial charge in [-0.2, -0.15) is 0 Å². The van der Waals surface area contributed by atoms with Gasteiger partial charge in [0.05, 0.1) is 7.11 Å². The van der Waals surface area contributed by atoms with Gasteiger partial charge >= 0.3 is 0 Å². The zero-order chi connectivity index (χ0) is 19.3. The Hall–Kier alpha value is -1.70. The molecule has 1 aliphatic heterocycles. The maximum Gasteiger partial charge on any atom is 0.256 e. The molecule has 2 rings (SSSR count). The minimum Gasteiger partial charge on any atom is -0.497 e. The average Bonchev–Trinajstić information content (AvgIpc) is 2.59. The fourth-order valence-corrected chi connectivity index (χ4v) is 3.26. The molecule has 0 aromatic heterocycles. The highest BCUT2D eigenvalue weighted by Crippen LogP contribution is 2.26. The number of halogens is 1. The third-order valence-electron chi connectivity index (χ3n) is 4.78. The van der Waals surface area contributed by atoms with E-state index in [9.17, 15) is 14.3 Å². The van der Waals surface area contributed by atoms with Crippen molar-refractivity contribution >= 4 is 5.91 Å². The Morgan fingerprint density at radius 3 is 2.69 bits per heavy atom. The van der Waals surface area contributed by atoms with E-state index in [2.05, 4.69) is 4.90 Å². The van der Waals surface area contributed by atoms with Crippen LogP contribution < -0.4 is 4.74 Å². The van der Waals surface area contributed by atoms with Crippen LogP contribution in [0, 0.1) is 5.82 Å². The van der Waals surface area contributed by atoms with Gasteiger partial charge in [-0.3, -0.25) is 4.79 Å². The van der Waals surface area contributed by atoms with E-state index in [1.165, 1.54) is 13.2 Å². The van der Waals surface area contributed by atoms with E-state index in [0.717, 1.165) is 13.1 Å². The Kier molecular flexibility index (Phi) is 6.97. The predicted molar refractivity (Wildman–Crippen MR) is 98.6 cm³/mol. The van der Waals surface area contributed by atoms with Gasteiger partial charge in [-0.1, -0.05) is 0 Å². The number of piperidine rings is 1. The molecular weight excluding hydrogens is 337 g/mol. The number of aliphatic hydroxyl groups is 1. The normalized spacial score (nSPS) is 20.9. The molecule has 0 saturated carbocycles. The molecule has 0 radical (unpaired) electrons.